The van der Waals surface area contributed by atoms with E-state index in [1.165, 1.54) is 10.9 Å². The van der Waals surface area contributed by atoms with Crippen LogP contribution in [-0.2, 0) is 5.41 Å². The van der Waals surface area contributed by atoms with Gasteiger partial charge in [-0.1, -0.05) is 33.8 Å². The molecule has 0 unspecified atom stereocenters. The highest BCUT2D eigenvalue weighted by Gasteiger charge is 2.38. The number of anilines is 4. The Morgan fingerprint density at radius 1 is 1.13 bits per heavy atom. The number of nitrogens with zero attached hydrogens (tertiary/aromatic N) is 4. The van der Waals surface area contributed by atoms with Crippen LogP contribution in [0.5, 0.6) is 0 Å². The van der Waals surface area contributed by atoms with E-state index in [1.54, 1.807) is 0 Å². The number of H-pyrrole nitrogens is 1. The second-order valence-electron chi connectivity index (χ2n) is 8.87. The van der Waals surface area contributed by atoms with Gasteiger partial charge in [-0.25, -0.2) is 9.97 Å². The SMILES string of the molecule is CC(C)c1c[nH]c2ccc(Nc3ncc4c(n3)N(c3ccccn3)CC4(C)C)cc12. The fourth-order valence-corrected chi connectivity index (χ4v) is 4.20. The lowest BCUT2D eigenvalue weighted by Crippen LogP contribution is -2.25. The standard InChI is InChI=1S/C24H26N6/c1-15(2)18-12-26-20-9-8-16(11-17(18)20)28-23-27-13-19-22(29-23)30(14-24(19,3)4)21-7-5-6-10-25-21/h5-13,15,26H,14H2,1-4H3,(H,27,28,29). The van der Waals surface area contributed by atoms with E-state index in [1.807, 2.05) is 30.6 Å². The highest BCUT2D eigenvalue weighted by Crippen LogP contribution is 2.42. The highest BCUT2D eigenvalue weighted by molar-refractivity contribution is 5.87. The summed E-state index contributed by atoms with van der Waals surface area (Å²) in [5, 5.41) is 4.63. The van der Waals surface area contributed by atoms with Gasteiger partial charge in [0.2, 0.25) is 5.95 Å². The van der Waals surface area contributed by atoms with Gasteiger partial charge in [0.25, 0.3) is 0 Å². The Labute approximate surface area is 176 Å². The summed E-state index contributed by atoms with van der Waals surface area (Å²) < 4.78 is 0. The van der Waals surface area contributed by atoms with Crippen LogP contribution >= 0.6 is 0 Å². The van der Waals surface area contributed by atoms with Gasteiger partial charge in [-0.15, -0.1) is 0 Å². The number of hydrogen-bond acceptors (Lipinski definition) is 5. The van der Waals surface area contributed by atoms with Gasteiger partial charge in [0, 0.05) is 52.7 Å². The Bertz CT molecular complexity index is 1210. The zero-order valence-electron chi connectivity index (χ0n) is 17.8. The summed E-state index contributed by atoms with van der Waals surface area (Å²) in [6.07, 6.45) is 5.86. The average Bonchev–Trinajstić information content (AvgIpc) is 3.27. The molecule has 0 atom stereocenters. The minimum atomic E-state index is -0.0401. The first-order chi connectivity index (χ1) is 14.4. The molecule has 0 amide bonds. The minimum Gasteiger partial charge on any atom is -0.361 e. The number of hydrogen-bond donors (Lipinski definition) is 2. The molecule has 0 radical (unpaired) electrons. The fraction of sp³-hybridized carbons (Fsp3) is 0.292. The molecule has 3 aromatic heterocycles. The van der Waals surface area contributed by atoms with Crippen LogP contribution in [0, 0.1) is 0 Å². The number of benzene rings is 1. The first-order valence-corrected chi connectivity index (χ1v) is 10.4. The van der Waals surface area contributed by atoms with Crippen molar-refractivity contribution in [1.82, 2.24) is 19.9 Å². The van der Waals surface area contributed by atoms with Gasteiger partial charge in [0.05, 0.1) is 0 Å². The smallest absolute Gasteiger partial charge is 0.229 e. The number of rotatable bonds is 4. The van der Waals surface area contributed by atoms with Gasteiger partial charge in [-0.3, -0.25) is 0 Å². The van der Waals surface area contributed by atoms with Crippen molar-refractivity contribution in [3.8, 4) is 0 Å². The van der Waals surface area contributed by atoms with Crippen molar-refractivity contribution in [3.05, 3.63) is 66.1 Å². The number of aromatic amines is 1. The van der Waals surface area contributed by atoms with E-state index < -0.39 is 0 Å². The Morgan fingerprint density at radius 2 is 2.00 bits per heavy atom. The Kier molecular flexibility index (Phi) is 4.24. The minimum absolute atomic E-state index is 0.0401. The third kappa shape index (κ3) is 3.09. The molecule has 30 heavy (non-hydrogen) atoms. The van der Waals surface area contributed by atoms with Gasteiger partial charge in [-0.05, 0) is 41.8 Å². The lowest BCUT2D eigenvalue weighted by Gasteiger charge is -2.20. The van der Waals surface area contributed by atoms with Crippen LogP contribution < -0.4 is 10.2 Å². The van der Waals surface area contributed by atoms with Crippen LogP contribution in [0.3, 0.4) is 0 Å². The van der Waals surface area contributed by atoms with Crippen LogP contribution in [-0.4, -0.2) is 26.5 Å². The largest absolute Gasteiger partial charge is 0.361 e. The highest BCUT2D eigenvalue weighted by atomic mass is 15.3. The molecule has 5 rings (SSSR count). The number of aromatic nitrogens is 4. The van der Waals surface area contributed by atoms with Crippen molar-refractivity contribution in [2.24, 2.45) is 0 Å². The third-order valence-corrected chi connectivity index (χ3v) is 5.82. The van der Waals surface area contributed by atoms with Crippen LogP contribution in [0.25, 0.3) is 10.9 Å². The maximum atomic E-state index is 4.88. The van der Waals surface area contributed by atoms with Crippen LogP contribution in [0.15, 0.2) is 55.0 Å². The summed E-state index contributed by atoms with van der Waals surface area (Å²) in [4.78, 5) is 19.6. The van der Waals surface area contributed by atoms with Crippen molar-refractivity contribution in [3.63, 3.8) is 0 Å². The van der Waals surface area contributed by atoms with Gasteiger partial charge in [0.15, 0.2) is 0 Å². The van der Waals surface area contributed by atoms with Gasteiger partial charge in [-0.2, -0.15) is 4.98 Å². The normalized spacial score (nSPS) is 15.0. The average molecular weight is 399 g/mol. The second kappa shape index (κ2) is 6.83. The quantitative estimate of drug-likeness (QED) is 0.465. The molecule has 1 aliphatic heterocycles. The summed E-state index contributed by atoms with van der Waals surface area (Å²) >= 11 is 0. The van der Waals surface area contributed by atoms with Gasteiger partial charge >= 0.3 is 0 Å². The summed E-state index contributed by atoms with van der Waals surface area (Å²) in [6, 6.07) is 12.3. The van der Waals surface area contributed by atoms with Crippen molar-refractivity contribution >= 4 is 34.2 Å². The molecule has 0 fully saturated rings. The second-order valence-corrected chi connectivity index (χ2v) is 8.87. The molecule has 6 heteroatoms. The zero-order valence-corrected chi connectivity index (χ0v) is 17.8. The lowest BCUT2D eigenvalue weighted by molar-refractivity contribution is 0.566. The van der Waals surface area contributed by atoms with Crippen molar-refractivity contribution in [2.75, 3.05) is 16.8 Å². The molecular formula is C24H26N6. The van der Waals surface area contributed by atoms with E-state index in [-0.39, 0.29) is 5.41 Å². The predicted octanol–water partition coefficient (Wildman–Crippen LogP) is 5.65. The van der Waals surface area contributed by atoms with E-state index >= 15 is 0 Å². The Morgan fingerprint density at radius 3 is 2.77 bits per heavy atom. The number of pyridine rings is 1. The molecule has 4 heterocycles. The maximum absolute atomic E-state index is 4.88. The lowest BCUT2D eigenvalue weighted by atomic mass is 9.89. The van der Waals surface area contributed by atoms with Crippen molar-refractivity contribution in [2.45, 2.75) is 39.0 Å². The monoisotopic (exact) mass is 398 g/mol. The Hall–Kier alpha value is -3.41. The van der Waals surface area contributed by atoms with Gasteiger partial charge in [0.1, 0.15) is 11.6 Å². The molecule has 6 nitrogen and oxygen atoms in total. The predicted molar refractivity (Wildman–Crippen MR) is 122 cm³/mol. The fourth-order valence-electron chi connectivity index (χ4n) is 4.20. The Balaban J connectivity index is 1.51. The molecule has 4 aromatic rings. The molecular weight excluding hydrogens is 372 g/mol. The van der Waals surface area contributed by atoms with E-state index in [4.69, 9.17) is 4.98 Å². The molecule has 2 N–H and O–H groups in total. The first kappa shape index (κ1) is 18.6. The van der Waals surface area contributed by atoms with Crippen molar-refractivity contribution < 1.29 is 0 Å². The number of nitrogens with one attached hydrogen (secondary N) is 2. The van der Waals surface area contributed by atoms with E-state index in [2.05, 4.69) is 77.3 Å². The molecule has 1 aromatic carbocycles. The summed E-state index contributed by atoms with van der Waals surface area (Å²) in [5.41, 5.74) is 4.53. The van der Waals surface area contributed by atoms with Crippen LogP contribution in [0.4, 0.5) is 23.3 Å². The summed E-state index contributed by atoms with van der Waals surface area (Å²) in [5.74, 6) is 2.87. The van der Waals surface area contributed by atoms with Gasteiger partial charge < -0.3 is 15.2 Å². The topological polar surface area (TPSA) is 69.7 Å². The zero-order chi connectivity index (χ0) is 20.9. The molecule has 152 valence electrons. The molecule has 0 saturated carbocycles. The maximum Gasteiger partial charge on any atom is 0.229 e. The summed E-state index contributed by atoms with van der Waals surface area (Å²) in [6.45, 7) is 9.68. The molecule has 1 aliphatic rings. The molecule has 0 aliphatic carbocycles. The molecule has 0 bridgehead atoms. The van der Waals surface area contributed by atoms with Crippen LogP contribution in [0.1, 0.15) is 44.7 Å². The van der Waals surface area contributed by atoms with Crippen molar-refractivity contribution in [1.29, 1.82) is 0 Å². The molecule has 0 saturated heterocycles. The van der Waals surface area contributed by atoms with E-state index in [0.29, 0.717) is 11.9 Å². The first-order valence-electron chi connectivity index (χ1n) is 10.4. The third-order valence-electron chi connectivity index (χ3n) is 5.82. The summed E-state index contributed by atoms with van der Waals surface area (Å²) in [7, 11) is 0. The van der Waals surface area contributed by atoms with Crippen LogP contribution in [0.2, 0.25) is 0 Å². The van der Waals surface area contributed by atoms with E-state index in [0.717, 1.165) is 34.9 Å². The molecule has 0 spiro atoms. The van der Waals surface area contributed by atoms with E-state index in [9.17, 15) is 0 Å². The number of fused-ring (bicyclic) bond motifs is 2.